The summed E-state index contributed by atoms with van der Waals surface area (Å²) < 4.78 is 1.63. The molecular formula is C9H15N3O. The van der Waals surface area contributed by atoms with Gasteiger partial charge in [-0.3, -0.25) is 9.48 Å². The highest BCUT2D eigenvalue weighted by atomic mass is 16.2. The van der Waals surface area contributed by atoms with E-state index in [4.69, 9.17) is 0 Å². The van der Waals surface area contributed by atoms with Crippen LogP contribution in [0.5, 0.6) is 0 Å². The highest BCUT2D eigenvalue weighted by Gasteiger charge is 2.04. The van der Waals surface area contributed by atoms with E-state index in [1.54, 1.807) is 10.9 Å². The second kappa shape index (κ2) is 4.07. The first-order valence-corrected chi connectivity index (χ1v) is 4.37. The van der Waals surface area contributed by atoms with Gasteiger partial charge in [-0.2, -0.15) is 5.10 Å². The number of amides is 1. The van der Waals surface area contributed by atoms with Gasteiger partial charge in [0.25, 0.3) is 0 Å². The highest BCUT2D eigenvalue weighted by molar-refractivity contribution is 5.75. The fraction of sp³-hybridized carbons (Fsp3) is 0.556. The molecule has 0 aliphatic heterocycles. The highest BCUT2D eigenvalue weighted by Crippen LogP contribution is 1.92. The summed E-state index contributed by atoms with van der Waals surface area (Å²) in [5.74, 6) is -0.00176. The minimum Gasteiger partial charge on any atom is -0.352 e. The minimum absolute atomic E-state index is 0.00176. The Bertz CT molecular complexity index is 291. The lowest BCUT2D eigenvalue weighted by atomic mass is 10.4. The molecule has 0 aliphatic carbocycles. The van der Waals surface area contributed by atoms with Crippen LogP contribution in [0.15, 0.2) is 12.3 Å². The fourth-order valence-corrected chi connectivity index (χ4v) is 1.07. The molecule has 1 N–H and O–H groups in total. The third-order valence-corrected chi connectivity index (χ3v) is 1.53. The van der Waals surface area contributed by atoms with Gasteiger partial charge < -0.3 is 5.32 Å². The molecule has 13 heavy (non-hydrogen) atoms. The van der Waals surface area contributed by atoms with Gasteiger partial charge in [0.15, 0.2) is 0 Å². The van der Waals surface area contributed by atoms with Gasteiger partial charge in [0.05, 0.1) is 5.69 Å². The molecule has 0 aromatic carbocycles. The number of hydrogen-bond acceptors (Lipinski definition) is 2. The van der Waals surface area contributed by atoms with Crippen molar-refractivity contribution in [3.63, 3.8) is 0 Å². The second-order valence-corrected chi connectivity index (χ2v) is 3.38. The van der Waals surface area contributed by atoms with Crippen LogP contribution in [0.4, 0.5) is 0 Å². The molecule has 0 unspecified atom stereocenters. The quantitative estimate of drug-likeness (QED) is 0.746. The Labute approximate surface area is 77.9 Å². The molecule has 0 radical (unpaired) electrons. The Morgan fingerprint density at radius 1 is 1.69 bits per heavy atom. The molecule has 1 aromatic rings. The molecular weight excluding hydrogens is 166 g/mol. The molecule has 0 saturated carbocycles. The molecule has 1 rings (SSSR count). The van der Waals surface area contributed by atoms with Crippen molar-refractivity contribution in [3.8, 4) is 0 Å². The molecule has 4 heteroatoms. The van der Waals surface area contributed by atoms with Crippen LogP contribution in [0.25, 0.3) is 0 Å². The molecule has 0 atom stereocenters. The van der Waals surface area contributed by atoms with Crippen LogP contribution >= 0.6 is 0 Å². The Morgan fingerprint density at radius 2 is 2.38 bits per heavy atom. The van der Waals surface area contributed by atoms with Crippen LogP contribution in [-0.2, 0) is 11.3 Å². The number of aromatic nitrogens is 2. The van der Waals surface area contributed by atoms with Crippen LogP contribution in [0, 0.1) is 6.92 Å². The normalized spacial score (nSPS) is 10.5. The van der Waals surface area contributed by atoms with Crippen molar-refractivity contribution in [1.29, 1.82) is 0 Å². The minimum atomic E-state index is -0.00176. The summed E-state index contributed by atoms with van der Waals surface area (Å²) in [6.45, 7) is 6.07. The zero-order valence-electron chi connectivity index (χ0n) is 8.24. The molecule has 1 aromatic heterocycles. The maximum Gasteiger partial charge on any atom is 0.241 e. The lowest BCUT2D eigenvalue weighted by Gasteiger charge is -2.07. The maximum atomic E-state index is 11.3. The number of nitrogens with zero attached hydrogens (tertiary/aromatic N) is 2. The Hall–Kier alpha value is -1.32. The third-order valence-electron chi connectivity index (χ3n) is 1.53. The molecule has 0 spiro atoms. The van der Waals surface area contributed by atoms with Crippen LogP contribution in [-0.4, -0.2) is 21.7 Å². The average Bonchev–Trinajstić information content (AvgIpc) is 2.33. The third kappa shape index (κ3) is 3.27. The van der Waals surface area contributed by atoms with E-state index in [9.17, 15) is 4.79 Å². The first-order valence-electron chi connectivity index (χ1n) is 4.37. The van der Waals surface area contributed by atoms with Crippen molar-refractivity contribution in [2.75, 3.05) is 0 Å². The Morgan fingerprint density at radius 3 is 2.85 bits per heavy atom. The predicted octanol–water partition coefficient (Wildman–Crippen LogP) is 0.716. The van der Waals surface area contributed by atoms with Crippen molar-refractivity contribution in [3.05, 3.63) is 18.0 Å². The van der Waals surface area contributed by atoms with E-state index in [1.807, 2.05) is 26.8 Å². The monoisotopic (exact) mass is 181 g/mol. The van der Waals surface area contributed by atoms with E-state index >= 15 is 0 Å². The van der Waals surface area contributed by atoms with Crippen molar-refractivity contribution < 1.29 is 4.79 Å². The number of carbonyl (C=O) groups is 1. The molecule has 0 bridgehead atoms. The van der Waals surface area contributed by atoms with Gasteiger partial charge >= 0.3 is 0 Å². The molecule has 0 saturated heterocycles. The van der Waals surface area contributed by atoms with E-state index in [1.165, 1.54) is 0 Å². The first-order chi connectivity index (χ1) is 6.08. The summed E-state index contributed by atoms with van der Waals surface area (Å²) >= 11 is 0. The molecule has 0 aliphatic rings. The van der Waals surface area contributed by atoms with Crippen molar-refractivity contribution >= 4 is 5.91 Å². The molecule has 1 heterocycles. The van der Waals surface area contributed by atoms with Gasteiger partial charge in [-0.25, -0.2) is 0 Å². The number of hydrogen-bond donors (Lipinski definition) is 1. The molecule has 0 fully saturated rings. The summed E-state index contributed by atoms with van der Waals surface area (Å²) in [5.41, 5.74) is 0.928. The van der Waals surface area contributed by atoms with Gasteiger partial charge in [0.1, 0.15) is 6.54 Å². The van der Waals surface area contributed by atoms with E-state index in [-0.39, 0.29) is 11.9 Å². The summed E-state index contributed by atoms with van der Waals surface area (Å²) in [4.78, 5) is 11.3. The fourth-order valence-electron chi connectivity index (χ4n) is 1.07. The van der Waals surface area contributed by atoms with Gasteiger partial charge in [-0.1, -0.05) is 0 Å². The van der Waals surface area contributed by atoms with Gasteiger partial charge in [-0.05, 0) is 26.8 Å². The SMILES string of the molecule is Cc1ccn(CC(=O)NC(C)C)n1. The Balaban J connectivity index is 2.45. The summed E-state index contributed by atoms with van der Waals surface area (Å²) in [6.07, 6.45) is 1.80. The number of carbonyl (C=O) groups excluding carboxylic acids is 1. The van der Waals surface area contributed by atoms with Crippen LogP contribution < -0.4 is 5.32 Å². The smallest absolute Gasteiger partial charge is 0.241 e. The maximum absolute atomic E-state index is 11.3. The molecule has 4 nitrogen and oxygen atoms in total. The van der Waals surface area contributed by atoms with E-state index in [2.05, 4.69) is 10.4 Å². The average molecular weight is 181 g/mol. The number of nitrogens with one attached hydrogen (secondary N) is 1. The van der Waals surface area contributed by atoms with Crippen LogP contribution in [0.2, 0.25) is 0 Å². The van der Waals surface area contributed by atoms with Crippen molar-refractivity contribution in [1.82, 2.24) is 15.1 Å². The standard InChI is InChI=1S/C9H15N3O/c1-7(2)10-9(13)6-12-5-4-8(3)11-12/h4-5,7H,6H2,1-3H3,(H,10,13). The van der Waals surface area contributed by atoms with Gasteiger partial charge in [0, 0.05) is 12.2 Å². The number of aryl methyl sites for hydroxylation is 1. The zero-order valence-corrected chi connectivity index (χ0v) is 8.24. The van der Waals surface area contributed by atoms with Gasteiger partial charge in [-0.15, -0.1) is 0 Å². The molecule has 1 amide bonds. The van der Waals surface area contributed by atoms with E-state index in [0.29, 0.717) is 6.54 Å². The second-order valence-electron chi connectivity index (χ2n) is 3.38. The predicted molar refractivity (Wildman–Crippen MR) is 50.2 cm³/mol. The van der Waals surface area contributed by atoms with Crippen molar-refractivity contribution in [2.45, 2.75) is 33.4 Å². The zero-order chi connectivity index (χ0) is 9.84. The first kappa shape index (κ1) is 9.77. The van der Waals surface area contributed by atoms with E-state index < -0.39 is 0 Å². The lowest BCUT2D eigenvalue weighted by Crippen LogP contribution is -2.33. The Kier molecular flexibility index (Phi) is 3.06. The van der Waals surface area contributed by atoms with E-state index in [0.717, 1.165) is 5.69 Å². The molecule has 72 valence electrons. The summed E-state index contributed by atoms with van der Waals surface area (Å²) in [6, 6.07) is 2.06. The van der Waals surface area contributed by atoms with Crippen LogP contribution in [0.1, 0.15) is 19.5 Å². The van der Waals surface area contributed by atoms with Gasteiger partial charge in [0.2, 0.25) is 5.91 Å². The topological polar surface area (TPSA) is 46.9 Å². The summed E-state index contributed by atoms with van der Waals surface area (Å²) in [5, 5.41) is 6.91. The lowest BCUT2D eigenvalue weighted by molar-refractivity contribution is -0.122. The largest absolute Gasteiger partial charge is 0.352 e. The van der Waals surface area contributed by atoms with Crippen molar-refractivity contribution in [2.24, 2.45) is 0 Å². The summed E-state index contributed by atoms with van der Waals surface area (Å²) in [7, 11) is 0. The number of rotatable bonds is 3. The van der Waals surface area contributed by atoms with Crippen LogP contribution in [0.3, 0.4) is 0 Å².